The molecule has 1 heterocycles. The van der Waals surface area contributed by atoms with E-state index in [4.69, 9.17) is 14.2 Å². The molecule has 0 amide bonds. The van der Waals surface area contributed by atoms with Crippen LogP contribution >= 0.6 is 0 Å². The number of ether oxygens (including phenoxy) is 3. The molecule has 1 aliphatic rings. The Hall–Kier alpha value is -0.900. The fourth-order valence-corrected chi connectivity index (χ4v) is 2.56. The molecule has 1 aromatic rings. The molecule has 1 saturated heterocycles. The predicted molar refractivity (Wildman–Crippen MR) is 65.4 cm³/mol. The van der Waals surface area contributed by atoms with Crippen molar-refractivity contribution in [2.75, 3.05) is 14.2 Å². The van der Waals surface area contributed by atoms with Crippen LogP contribution in [0.2, 0.25) is 0 Å². The zero-order chi connectivity index (χ0) is 12.5. The van der Waals surface area contributed by atoms with Crippen molar-refractivity contribution in [3.63, 3.8) is 0 Å². The summed E-state index contributed by atoms with van der Waals surface area (Å²) < 4.78 is 16.9. The molecule has 1 unspecified atom stereocenters. The summed E-state index contributed by atoms with van der Waals surface area (Å²) in [5.74, 6) is -0.951. The van der Waals surface area contributed by atoms with Gasteiger partial charge in [-0.05, 0) is 12.0 Å². The van der Waals surface area contributed by atoms with E-state index in [1.165, 1.54) is 0 Å². The van der Waals surface area contributed by atoms with Gasteiger partial charge < -0.3 is 14.2 Å². The molecule has 0 N–H and O–H groups in total. The van der Waals surface area contributed by atoms with E-state index in [1.807, 2.05) is 18.2 Å². The molecule has 3 heteroatoms. The average Bonchev–Trinajstić information content (AvgIpc) is 2.62. The van der Waals surface area contributed by atoms with E-state index in [0.29, 0.717) is 0 Å². The maximum Gasteiger partial charge on any atom is 0.288 e. The Kier molecular flexibility index (Phi) is 3.25. The maximum absolute atomic E-state index is 6.00. The van der Waals surface area contributed by atoms with Gasteiger partial charge in [0, 0.05) is 19.6 Å². The number of methoxy groups -OCH3 is 2. The van der Waals surface area contributed by atoms with Gasteiger partial charge in [0.2, 0.25) is 0 Å². The van der Waals surface area contributed by atoms with Crippen molar-refractivity contribution in [1.82, 2.24) is 0 Å². The van der Waals surface area contributed by atoms with Gasteiger partial charge in [-0.2, -0.15) is 0 Å². The topological polar surface area (TPSA) is 27.7 Å². The van der Waals surface area contributed by atoms with Crippen LogP contribution in [0.5, 0.6) is 0 Å². The minimum Gasteiger partial charge on any atom is -0.330 e. The third-order valence-corrected chi connectivity index (χ3v) is 3.53. The summed E-state index contributed by atoms with van der Waals surface area (Å²) >= 11 is 0. The Balaban J connectivity index is 2.27. The summed E-state index contributed by atoms with van der Waals surface area (Å²) in [6, 6.07) is 10.2. The van der Waals surface area contributed by atoms with Gasteiger partial charge in [-0.3, -0.25) is 0 Å². The van der Waals surface area contributed by atoms with Crippen molar-refractivity contribution in [3.8, 4) is 0 Å². The van der Waals surface area contributed by atoms with Crippen LogP contribution in [0.3, 0.4) is 0 Å². The molecule has 1 atom stereocenters. The Labute approximate surface area is 103 Å². The van der Waals surface area contributed by atoms with Crippen molar-refractivity contribution >= 4 is 0 Å². The van der Waals surface area contributed by atoms with E-state index in [-0.39, 0.29) is 11.5 Å². The van der Waals surface area contributed by atoms with Crippen molar-refractivity contribution < 1.29 is 14.2 Å². The van der Waals surface area contributed by atoms with E-state index in [2.05, 4.69) is 26.0 Å². The quantitative estimate of drug-likeness (QED) is 0.755. The number of rotatable bonds is 3. The van der Waals surface area contributed by atoms with Gasteiger partial charge in [-0.15, -0.1) is 0 Å². The van der Waals surface area contributed by atoms with Crippen LogP contribution in [-0.2, 0) is 14.2 Å². The second kappa shape index (κ2) is 4.41. The first kappa shape index (κ1) is 12.6. The van der Waals surface area contributed by atoms with Gasteiger partial charge >= 0.3 is 0 Å². The van der Waals surface area contributed by atoms with Gasteiger partial charge in [0.15, 0.2) is 0 Å². The van der Waals surface area contributed by atoms with Gasteiger partial charge in [0.1, 0.15) is 0 Å². The van der Waals surface area contributed by atoms with Gasteiger partial charge in [-0.25, -0.2) is 0 Å². The molecule has 17 heavy (non-hydrogen) atoms. The summed E-state index contributed by atoms with van der Waals surface area (Å²) in [5.41, 5.74) is 0.980. The van der Waals surface area contributed by atoms with Crippen LogP contribution in [0.15, 0.2) is 30.3 Å². The van der Waals surface area contributed by atoms with Crippen LogP contribution in [0, 0.1) is 5.41 Å². The Morgan fingerprint density at radius 1 is 1.12 bits per heavy atom. The number of hydrogen-bond acceptors (Lipinski definition) is 3. The zero-order valence-corrected chi connectivity index (χ0v) is 10.9. The summed E-state index contributed by atoms with van der Waals surface area (Å²) in [5, 5.41) is 0. The summed E-state index contributed by atoms with van der Waals surface area (Å²) in [6.07, 6.45) is 0.893. The van der Waals surface area contributed by atoms with Crippen LogP contribution in [-0.4, -0.2) is 20.2 Å². The second-order valence-electron chi connectivity index (χ2n) is 5.07. The fraction of sp³-hybridized carbons (Fsp3) is 0.571. The van der Waals surface area contributed by atoms with Gasteiger partial charge in [-0.1, -0.05) is 44.2 Å². The highest BCUT2D eigenvalue weighted by Gasteiger charge is 2.56. The zero-order valence-electron chi connectivity index (χ0n) is 10.9. The molecule has 0 bridgehead atoms. The van der Waals surface area contributed by atoms with E-state index >= 15 is 0 Å². The van der Waals surface area contributed by atoms with E-state index in [1.54, 1.807) is 14.2 Å². The third kappa shape index (κ3) is 1.99. The molecular weight excluding hydrogens is 216 g/mol. The second-order valence-corrected chi connectivity index (χ2v) is 5.07. The van der Waals surface area contributed by atoms with Crippen molar-refractivity contribution in [3.05, 3.63) is 35.9 Å². The third-order valence-electron chi connectivity index (χ3n) is 3.53. The minimum absolute atomic E-state index is 0.0195. The normalized spacial score (nSPS) is 26.0. The molecule has 94 valence electrons. The van der Waals surface area contributed by atoms with Crippen LogP contribution in [0.4, 0.5) is 0 Å². The molecule has 0 spiro atoms. The highest BCUT2D eigenvalue weighted by Crippen LogP contribution is 2.52. The SMILES string of the molecule is COC1(OC)OC(c2ccccc2)CC1(C)C. The van der Waals surface area contributed by atoms with Crippen LogP contribution < -0.4 is 0 Å². The number of benzene rings is 1. The summed E-state index contributed by atoms with van der Waals surface area (Å²) in [6.45, 7) is 4.20. The predicted octanol–water partition coefficient (Wildman–Crippen LogP) is 3.12. The largest absolute Gasteiger partial charge is 0.330 e. The average molecular weight is 236 g/mol. The standard InChI is InChI=1S/C14H20O3/c1-13(2)10-12(11-8-6-5-7-9-11)17-14(13,15-3)16-4/h5-9,12H,10H2,1-4H3. The van der Waals surface area contributed by atoms with Crippen molar-refractivity contribution in [1.29, 1.82) is 0 Å². The fourth-order valence-electron chi connectivity index (χ4n) is 2.56. The Morgan fingerprint density at radius 2 is 1.71 bits per heavy atom. The molecule has 0 aromatic heterocycles. The highest BCUT2D eigenvalue weighted by atomic mass is 16.9. The lowest BCUT2D eigenvalue weighted by Crippen LogP contribution is -2.45. The summed E-state index contributed by atoms with van der Waals surface area (Å²) in [7, 11) is 3.25. The number of hydrogen-bond donors (Lipinski definition) is 0. The molecule has 1 aliphatic heterocycles. The minimum atomic E-state index is -0.951. The molecule has 0 saturated carbocycles. The highest BCUT2D eigenvalue weighted by molar-refractivity contribution is 5.19. The monoisotopic (exact) mass is 236 g/mol. The lowest BCUT2D eigenvalue weighted by atomic mass is 9.85. The van der Waals surface area contributed by atoms with E-state index in [9.17, 15) is 0 Å². The molecule has 2 rings (SSSR count). The Bertz CT molecular complexity index is 368. The van der Waals surface area contributed by atoms with Crippen molar-refractivity contribution in [2.24, 2.45) is 5.41 Å². The van der Waals surface area contributed by atoms with Gasteiger partial charge in [0.25, 0.3) is 5.97 Å². The van der Waals surface area contributed by atoms with Crippen molar-refractivity contribution in [2.45, 2.75) is 32.3 Å². The molecular formula is C14H20O3. The Morgan fingerprint density at radius 3 is 2.18 bits per heavy atom. The smallest absolute Gasteiger partial charge is 0.288 e. The summed E-state index contributed by atoms with van der Waals surface area (Å²) in [4.78, 5) is 0. The molecule has 3 nitrogen and oxygen atoms in total. The first-order valence-corrected chi connectivity index (χ1v) is 5.88. The van der Waals surface area contributed by atoms with Crippen LogP contribution in [0.1, 0.15) is 31.9 Å². The first-order valence-electron chi connectivity index (χ1n) is 5.88. The lowest BCUT2D eigenvalue weighted by Gasteiger charge is -2.36. The van der Waals surface area contributed by atoms with Gasteiger partial charge in [0.05, 0.1) is 6.10 Å². The molecule has 1 fully saturated rings. The molecule has 1 aromatic carbocycles. The van der Waals surface area contributed by atoms with E-state index < -0.39 is 5.97 Å². The molecule has 0 aliphatic carbocycles. The molecule has 0 radical (unpaired) electrons. The maximum atomic E-state index is 6.00. The lowest BCUT2D eigenvalue weighted by molar-refractivity contribution is -0.387. The van der Waals surface area contributed by atoms with E-state index in [0.717, 1.165) is 12.0 Å². The van der Waals surface area contributed by atoms with Crippen LogP contribution in [0.25, 0.3) is 0 Å². The first-order chi connectivity index (χ1) is 8.04.